The molecular weight excluding hydrogens is 387 g/mol. The van der Waals surface area contributed by atoms with Crippen molar-refractivity contribution in [3.8, 4) is 17.1 Å². The summed E-state index contributed by atoms with van der Waals surface area (Å²) in [5.41, 5.74) is 1.00. The summed E-state index contributed by atoms with van der Waals surface area (Å²) in [5, 5.41) is 5.93. The zero-order valence-electron chi connectivity index (χ0n) is 16.5. The minimum absolute atomic E-state index is 0.116. The number of benzene rings is 3. The van der Waals surface area contributed by atoms with Crippen molar-refractivity contribution in [2.45, 2.75) is 20.0 Å². The number of ether oxygens (including phenoxy) is 2. The zero-order valence-corrected chi connectivity index (χ0v) is 16.5. The Morgan fingerprint density at radius 3 is 2.70 bits per heavy atom. The Balaban J connectivity index is 1.36. The Labute approximate surface area is 172 Å². The molecule has 30 heavy (non-hydrogen) atoms. The molecule has 0 spiro atoms. The van der Waals surface area contributed by atoms with Gasteiger partial charge in [-0.2, -0.15) is 4.98 Å². The lowest BCUT2D eigenvalue weighted by atomic mass is 10.1. The summed E-state index contributed by atoms with van der Waals surface area (Å²) in [6.45, 7) is 3.02. The predicted molar refractivity (Wildman–Crippen MR) is 108 cm³/mol. The molecule has 0 radical (unpaired) electrons. The minimum atomic E-state index is -0.769. The Morgan fingerprint density at radius 2 is 1.90 bits per heavy atom. The van der Waals surface area contributed by atoms with E-state index in [9.17, 15) is 9.18 Å². The maximum atomic E-state index is 13.7. The van der Waals surface area contributed by atoms with Crippen molar-refractivity contribution in [3.05, 3.63) is 77.9 Å². The van der Waals surface area contributed by atoms with Crippen LogP contribution in [0, 0.1) is 12.7 Å². The molecule has 152 valence electrons. The number of nitrogens with zero attached hydrogens (tertiary/aromatic N) is 2. The van der Waals surface area contributed by atoms with Crippen LogP contribution in [0.4, 0.5) is 4.39 Å². The van der Waals surface area contributed by atoms with Gasteiger partial charge in [0.25, 0.3) is 5.89 Å². The fourth-order valence-corrected chi connectivity index (χ4v) is 2.93. The molecule has 0 fully saturated rings. The Hall–Kier alpha value is -3.74. The van der Waals surface area contributed by atoms with Gasteiger partial charge >= 0.3 is 5.97 Å². The molecule has 0 bridgehead atoms. The standard InChI is InChI=1S/C23H19FN2O4/c1-14-7-8-18(12-20(14)24)22-25-23(30-26-22)15(2)29-21(27)13-28-19-10-9-16-5-3-4-6-17(16)11-19/h3-12,15H,13H2,1-2H3. The molecule has 0 saturated carbocycles. The summed E-state index contributed by atoms with van der Waals surface area (Å²) in [6.07, 6.45) is -0.769. The van der Waals surface area contributed by atoms with E-state index in [1.54, 1.807) is 32.0 Å². The first-order valence-electron chi connectivity index (χ1n) is 9.41. The number of hydrogen-bond donors (Lipinski definition) is 0. The SMILES string of the molecule is Cc1ccc(-c2noc(C(C)OC(=O)COc3ccc4ccccc4c3)n2)cc1F. The van der Waals surface area contributed by atoms with E-state index in [4.69, 9.17) is 14.0 Å². The van der Waals surface area contributed by atoms with Crippen LogP contribution in [-0.4, -0.2) is 22.7 Å². The van der Waals surface area contributed by atoms with Crippen molar-refractivity contribution in [3.63, 3.8) is 0 Å². The third-order valence-corrected chi connectivity index (χ3v) is 4.61. The summed E-state index contributed by atoms with van der Waals surface area (Å²) in [5.74, 6) is -0.0232. The first kappa shape index (κ1) is 19.6. The molecule has 7 heteroatoms. The maximum Gasteiger partial charge on any atom is 0.344 e. The number of carbonyl (C=O) groups excluding carboxylic acids is 1. The molecule has 0 saturated heterocycles. The van der Waals surface area contributed by atoms with Crippen molar-refractivity contribution in [1.29, 1.82) is 0 Å². The first-order valence-corrected chi connectivity index (χ1v) is 9.41. The second-order valence-electron chi connectivity index (χ2n) is 6.85. The lowest BCUT2D eigenvalue weighted by Crippen LogP contribution is -2.17. The highest BCUT2D eigenvalue weighted by Crippen LogP contribution is 2.23. The topological polar surface area (TPSA) is 74.5 Å². The van der Waals surface area contributed by atoms with Gasteiger partial charge in [-0.3, -0.25) is 0 Å². The van der Waals surface area contributed by atoms with Crippen LogP contribution >= 0.6 is 0 Å². The number of rotatable bonds is 6. The van der Waals surface area contributed by atoms with Crippen molar-refractivity contribution in [2.24, 2.45) is 0 Å². The van der Waals surface area contributed by atoms with E-state index in [1.807, 2.05) is 36.4 Å². The number of aromatic nitrogens is 2. The molecule has 4 rings (SSSR count). The van der Waals surface area contributed by atoms with Crippen LogP contribution in [0.5, 0.6) is 5.75 Å². The second kappa shape index (κ2) is 8.32. The number of aryl methyl sites for hydroxylation is 1. The quantitative estimate of drug-likeness (QED) is 0.419. The molecule has 1 atom stereocenters. The third kappa shape index (κ3) is 4.30. The number of hydrogen-bond acceptors (Lipinski definition) is 6. The molecule has 0 amide bonds. The van der Waals surface area contributed by atoms with Crippen molar-refractivity contribution in [1.82, 2.24) is 10.1 Å². The molecule has 0 aliphatic carbocycles. The molecule has 6 nitrogen and oxygen atoms in total. The Bertz CT molecular complexity index is 1200. The van der Waals surface area contributed by atoms with Gasteiger partial charge in [0.2, 0.25) is 5.82 Å². The fourth-order valence-electron chi connectivity index (χ4n) is 2.93. The lowest BCUT2D eigenvalue weighted by Gasteiger charge is -2.10. The van der Waals surface area contributed by atoms with Gasteiger partial charge in [-0.1, -0.05) is 47.6 Å². The van der Waals surface area contributed by atoms with E-state index in [0.29, 0.717) is 16.9 Å². The average molecular weight is 406 g/mol. The summed E-state index contributed by atoms with van der Waals surface area (Å²) in [7, 11) is 0. The van der Waals surface area contributed by atoms with Gasteiger partial charge in [0, 0.05) is 5.56 Å². The van der Waals surface area contributed by atoms with E-state index < -0.39 is 12.1 Å². The molecule has 0 aliphatic rings. The molecule has 4 aromatic rings. The zero-order chi connectivity index (χ0) is 21.1. The van der Waals surface area contributed by atoms with Gasteiger partial charge < -0.3 is 14.0 Å². The Morgan fingerprint density at radius 1 is 1.10 bits per heavy atom. The lowest BCUT2D eigenvalue weighted by molar-refractivity contribution is -0.152. The van der Waals surface area contributed by atoms with Gasteiger partial charge in [0.15, 0.2) is 12.7 Å². The monoisotopic (exact) mass is 406 g/mol. The maximum absolute atomic E-state index is 13.7. The minimum Gasteiger partial charge on any atom is -0.482 e. The predicted octanol–water partition coefficient (Wildman–Crippen LogP) is 5.02. The van der Waals surface area contributed by atoms with E-state index in [-0.39, 0.29) is 24.1 Å². The molecular formula is C23H19FN2O4. The van der Waals surface area contributed by atoms with Gasteiger partial charge in [0.05, 0.1) is 0 Å². The van der Waals surface area contributed by atoms with Crippen LogP contribution in [0.1, 0.15) is 24.5 Å². The Kier molecular flexibility index (Phi) is 5.43. The van der Waals surface area contributed by atoms with E-state index in [1.165, 1.54) is 6.07 Å². The summed E-state index contributed by atoms with van der Waals surface area (Å²) >= 11 is 0. The number of halogens is 1. The highest BCUT2D eigenvalue weighted by Gasteiger charge is 2.20. The number of carbonyl (C=O) groups is 1. The van der Waals surface area contributed by atoms with Gasteiger partial charge in [-0.25, -0.2) is 9.18 Å². The van der Waals surface area contributed by atoms with E-state index in [2.05, 4.69) is 10.1 Å². The molecule has 1 aromatic heterocycles. The highest BCUT2D eigenvalue weighted by molar-refractivity contribution is 5.83. The first-order chi connectivity index (χ1) is 14.5. The molecule has 3 aromatic carbocycles. The van der Waals surface area contributed by atoms with E-state index >= 15 is 0 Å². The molecule has 0 N–H and O–H groups in total. The normalized spacial score (nSPS) is 12.0. The van der Waals surface area contributed by atoms with Gasteiger partial charge in [0.1, 0.15) is 11.6 Å². The van der Waals surface area contributed by atoms with Gasteiger partial charge in [-0.05, 0) is 48.4 Å². The average Bonchev–Trinajstić information content (AvgIpc) is 3.24. The summed E-state index contributed by atoms with van der Waals surface area (Å²) < 4.78 is 29.7. The highest BCUT2D eigenvalue weighted by atomic mass is 19.1. The second-order valence-corrected chi connectivity index (χ2v) is 6.85. The van der Waals surface area contributed by atoms with Crippen LogP contribution in [0.15, 0.2) is 65.2 Å². The summed E-state index contributed by atoms with van der Waals surface area (Å²) in [4.78, 5) is 16.3. The number of esters is 1. The smallest absolute Gasteiger partial charge is 0.344 e. The van der Waals surface area contributed by atoms with Crippen LogP contribution in [0.3, 0.4) is 0 Å². The van der Waals surface area contributed by atoms with Crippen LogP contribution in [0.25, 0.3) is 22.2 Å². The largest absolute Gasteiger partial charge is 0.482 e. The van der Waals surface area contributed by atoms with Crippen LogP contribution in [0.2, 0.25) is 0 Å². The molecule has 1 heterocycles. The molecule has 1 unspecified atom stereocenters. The third-order valence-electron chi connectivity index (χ3n) is 4.61. The number of fused-ring (bicyclic) bond motifs is 1. The fraction of sp³-hybridized carbons (Fsp3) is 0.174. The summed E-state index contributed by atoms with van der Waals surface area (Å²) in [6, 6.07) is 18.1. The van der Waals surface area contributed by atoms with Crippen molar-refractivity contribution >= 4 is 16.7 Å². The van der Waals surface area contributed by atoms with Crippen molar-refractivity contribution < 1.29 is 23.2 Å². The van der Waals surface area contributed by atoms with Gasteiger partial charge in [-0.15, -0.1) is 0 Å². The van der Waals surface area contributed by atoms with Crippen LogP contribution < -0.4 is 4.74 Å². The molecule has 0 aliphatic heterocycles. The van der Waals surface area contributed by atoms with Crippen molar-refractivity contribution in [2.75, 3.05) is 6.61 Å². The van der Waals surface area contributed by atoms with Crippen LogP contribution in [-0.2, 0) is 9.53 Å². The van der Waals surface area contributed by atoms with E-state index in [0.717, 1.165) is 10.8 Å².